The van der Waals surface area contributed by atoms with Crippen LogP contribution in [0.1, 0.15) is 37.8 Å². The van der Waals surface area contributed by atoms with E-state index < -0.39 is 0 Å². The number of rotatable bonds is 7. The first-order valence-corrected chi connectivity index (χ1v) is 6.81. The number of carbonyl (C=O) groups is 1. The van der Waals surface area contributed by atoms with Crippen LogP contribution in [0.4, 0.5) is 0 Å². The Bertz CT molecular complexity index is 413. The third-order valence-electron chi connectivity index (χ3n) is 3.40. The summed E-state index contributed by atoms with van der Waals surface area (Å²) >= 11 is 0. The topological polar surface area (TPSA) is 38.3 Å². The van der Waals surface area contributed by atoms with Crippen molar-refractivity contribution < 1.29 is 9.53 Å². The van der Waals surface area contributed by atoms with Crippen LogP contribution in [0.15, 0.2) is 24.3 Å². The molecule has 19 heavy (non-hydrogen) atoms. The molecule has 3 nitrogen and oxygen atoms in total. The molecule has 0 aliphatic heterocycles. The number of aryl methyl sites for hydroxylation is 1. The summed E-state index contributed by atoms with van der Waals surface area (Å²) in [5.41, 5.74) is 2.79. The molecule has 0 amide bonds. The van der Waals surface area contributed by atoms with Crippen LogP contribution in [-0.2, 0) is 14.9 Å². The second-order valence-electron chi connectivity index (χ2n) is 5.56. The minimum Gasteiger partial charge on any atom is -0.469 e. The number of nitrogens with one attached hydrogen (secondary N) is 1. The molecular weight excluding hydrogens is 238 g/mol. The molecule has 0 aliphatic carbocycles. The molecule has 0 heterocycles. The van der Waals surface area contributed by atoms with Crippen LogP contribution < -0.4 is 5.32 Å². The molecule has 0 saturated heterocycles. The van der Waals surface area contributed by atoms with Crippen molar-refractivity contribution in [2.24, 2.45) is 0 Å². The Hall–Kier alpha value is -1.35. The molecule has 106 valence electrons. The average molecular weight is 263 g/mol. The first-order valence-electron chi connectivity index (χ1n) is 6.81. The highest BCUT2D eigenvalue weighted by Gasteiger charge is 2.21. The number of esters is 1. The van der Waals surface area contributed by atoms with Gasteiger partial charge in [-0.05, 0) is 31.0 Å². The van der Waals surface area contributed by atoms with Crippen LogP contribution in [-0.4, -0.2) is 26.2 Å². The van der Waals surface area contributed by atoms with E-state index in [1.807, 2.05) is 0 Å². The van der Waals surface area contributed by atoms with Gasteiger partial charge in [0.15, 0.2) is 0 Å². The van der Waals surface area contributed by atoms with E-state index >= 15 is 0 Å². The van der Waals surface area contributed by atoms with Gasteiger partial charge in [0.05, 0.1) is 7.11 Å². The highest BCUT2D eigenvalue weighted by Crippen LogP contribution is 2.25. The van der Waals surface area contributed by atoms with Gasteiger partial charge in [-0.2, -0.15) is 0 Å². The molecule has 0 atom stereocenters. The van der Waals surface area contributed by atoms with Crippen molar-refractivity contribution in [3.8, 4) is 0 Å². The predicted octanol–water partition coefficient (Wildman–Crippen LogP) is 2.82. The summed E-state index contributed by atoms with van der Waals surface area (Å²) < 4.78 is 4.62. The Morgan fingerprint density at radius 2 is 2.00 bits per heavy atom. The van der Waals surface area contributed by atoms with Gasteiger partial charge >= 0.3 is 5.97 Å². The molecule has 0 aliphatic rings. The molecule has 0 bridgehead atoms. The zero-order valence-corrected chi connectivity index (χ0v) is 12.5. The summed E-state index contributed by atoms with van der Waals surface area (Å²) in [7, 11) is 1.43. The Balaban J connectivity index is 2.39. The minimum atomic E-state index is -0.139. The smallest absolute Gasteiger partial charge is 0.305 e. The average Bonchev–Trinajstić information content (AvgIpc) is 2.38. The second-order valence-corrected chi connectivity index (χ2v) is 5.56. The molecule has 1 rings (SSSR count). The highest BCUT2D eigenvalue weighted by atomic mass is 16.5. The molecule has 0 spiro atoms. The minimum absolute atomic E-state index is 0.0939. The van der Waals surface area contributed by atoms with Gasteiger partial charge in [0.2, 0.25) is 0 Å². The summed E-state index contributed by atoms with van der Waals surface area (Å²) in [5, 5.41) is 3.42. The number of hydrogen-bond donors (Lipinski definition) is 1. The van der Waals surface area contributed by atoms with E-state index in [2.05, 4.69) is 55.1 Å². The lowest BCUT2D eigenvalue weighted by molar-refractivity contribution is -0.140. The van der Waals surface area contributed by atoms with Crippen molar-refractivity contribution in [1.29, 1.82) is 0 Å². The number of benzene rings is 1. The van der Waals surface area contributed by atoms with Crippen molar-refractivity contribution in [1.82, 2.24) is 5.32 Å². The summed E-state index contributed by atoms with van der Waals surface area (Å²) in [6, 6.07) is 8.49. The third-order valence-corrected chi connectivity index (χ3v) is 3.40. The number of methoxy groups -OCH3 is 1. The lowest BCUT2D eigenvalue weighted by Crippen LogP contribution is -2.34. The third kappa shape index (κ3) is 5.03. The van der Waals surface area contributed by atoms with Crippen LogP contribution in [0, 0.1) is 6.92 Å². The van der Waals surface area contributed by atoms with Crippen molar-refractivity contribution in [2.75, 3.05) is 20.2 Å². The molecule has 0 unspecified atom stereocenters. The van der Waals surface area contributed by atoms with E-state index in [4.69, 9.17) is 0 Å². The molecule has 1 N–H and O–H groups in total. The Morgan fingerprint density at radius 1 is 1.32 bits per heavy atom. The van der Waals surface area contributed by atoms with Gasteiger partial charge in [-0.25, -0.2) is 0 Å². The number of hydrogen-bond acceptors (Lipinski definition) is 3. The largest absolute Gasteiger partial charge is 0.469 e. The van der Waals surface area contributed by atoms with Crippen molar-refractivity contribution in [2.45, 2.75) is 39.0 Å². The first kappa shape index (κ1) is 15.7. The lowest BCUT2D eigenvalue weighted by Gasteiger charge is -2.27. The van der Waals surface area contributed by atoms with Gasteiger partial charge in [-0.1, -0.05) is 38.1 Å². The van der Waals surface area contributed by atoms with Gasteiger partial charge in [-0.3, -0.25) is 4.79 Å². The summed E-state index contributed by atoms with van der Waals surface area (Å²) in [4.78, 5) is 11.0. The molecule has 0 saturated carbocycles. The Morgan fingerprint density at radius 3 is 2.63 bits per heavy atom. The Kier molecular flexibility index (Phi) is 6.03. The monoisotopic (exact) mass is 263 g/mol. The summed E-state index contributed by atoms with van der Waals surface area (Å²) in [5.74, 6) is -0.139. The predicted molar refractivity (Wildman–Crippen MR) is 78.3 cm³/mol. The standard InChI is InChI=1S/C16H25NO2/c1-13-8-5-6-9-14(13)16(2,3)12-17-11-7-10-15(18)19-4/h5-6,8-9,17H,7,10-12H2,1-4H3. The number of carbonyl (C=O) groups excluding carboxylic acids is 1. The highest BCUT2D eigenvalue weighted by molar-refractivity contribution is 5.69. The maximum absolute atomic E-state index is 11.0. The van der Waals surface area contributed by atoms with E-state index in [9.17, 15) is 4.79 Å². The zero-order valence-electron chi connectivity index (χ0n) is 12.5. The molecule has 1 aromatic carbocycles. The van der Waals surface area contributed by atoms with Crippen LogP contribution in [0.2, 0.25) is 0 Å². The quantitative estimate of drug-likeness (QED) is 0.607. The fourth-order valence-corrected chi connectivity index (χ4v) is 2.29. The molecule has 3 heteroatoms. The van der Waals surface area contributed by atoms with Crippen molar-refractivity contribution in [3.63, 3.8) is 0 Å². The van der Waals surface area contributed by atoms with Crippen LogP contribution in [0.25, 0.3) is 0 Å². The van der Waals surface area contributed by atoms with Gasteiger partial charge in [0.25, 0.3) is 0 Å². The summed E-state index contributed by atoms with van der Waals surface area (Å²) in [6.45, 7) is 8.36. The van der Waals surface area contributed by atoms with E-state index in [1.165, 1.54) is 18.2 Å². The SMILES string of the molecule is COC(=O)CCCNCC(C)(C)c1ccccc1C. The van der Waals surface area contributed by atoms with Crippen LogP contribution in [0.5, 0.6) is 0 Å². The van der Waals surface area contributed by atoms with E-state index in [-0.39, 0.29) is 11.4 Å². The van der Waals surface area contributed by atoms with Gasteiger partial charge in [0, 0.05) is 18.4 Å². The van der Waals surface area contributed by atoms with Gasteiger partial charge < -0.3 is 10.1 Å². The maximum Gasteiger partial charge on any atom is 0.305 e. The van der Waals surface area contributed by atoms with E-state index in [0.29, 0.717) is 6.42 Å². The van der Waals surface area contributed by atoms with Crippen molar-refractivity contribution >= 4 is 5.97 Å². The maximum atomic E-state index is 11.0. The van der Waals surface area contributed by atoms with Gasteiger partial charge in [-0.15, -0.1) is 0 Å². The van der Waals surface area contributed by atoms with Crippen LogP contribution in [0.3, 0.4) is 0 Å². The van der Waals surface area contributed by atoms with Gasteiger partial charge in [0.1, 0.15) is 0 Å². The van der Waals surface area contributed by atoms with Crippen molar-refractivity contribution in [3.05, 3.63) is 35.4 Å². The molecule has 0 fully saturated rings. The zero-order chi connectivity index (χ0) is 14.3. The Labute approximate surface area is 116 Å². The van der Waals surface area contributed by atoms with Crippen LogP contribution >= 0.6 is 0 Å². The molecule has 0 aromatic heterocycles. The fraction of sp³-hybridized carbons (Fsp3) is 0.562. The second kappa shape index (κ2) is 7.29. The number of ether oxygens (including phenoxy) is 1. The fourth-order valence-electron chi connectivity index (χ4n) is 2.29. The molecular formula is C16H25NO2. The summed E-state index contributed by atoms with van der Waals surface area (Å²) in [6.07, 6.45) is 1.30. The molecule has 1 aromatic rings. The normalized spacial score (nSPS) is 11.4. The van der Waals surface area contributed by atoms with E-state index in [1.54, 1.807) is 0 Å². The first-order chi connectivity index (χ1) is 8.97. The lowest BCUT2D eigenvalue weighted by atomic mass is 9.82. The molecule has 0 radical (unpaired) electrons. The van der Waals surface area contributed by atoms with E-state index in [0.717, 1.165) is 19.5 Å².